The summed E-state index contributed by atoms with van der Waals surface area (Å²) >= 11 is 0. The molecular weight excluding hydrogens is 877 g/mol. The van der Waals surface area contributed by atoms with Crippen molar-refractivity contribution in [1.82, 2.24) is 0 Å². The molecule has 0 unspecified atom stereocenters. The Morgan fingerprint density at radius 2 is 0.507 bits per heavy atom. The maximum absolute atomic E-state index is 12.9. The monoisotopic (exact) mass is 999 g/mol. The summed E-state index contributed by atoms with van der Waals surface area (Å²) in [5, 5.41) is 0. The van der Waals surface area contributed by atoms with Crippen LogP contribution < -0.4 is 0 Å². The first kappa shape index (κ1) is 68.9. The van der Waals surface area contributed by atoms with Crippen LogP contribution in [0.25, 0.3) is 0 Å². The molecule has 0 bridgehead atoms. The Morgan fingerprint density at radius 1 is 0.282 bits per heavy atom. The van der Waals surface area contributed by atoms with E-state index in [9.17, 15) is 14.4 Å². The average molecular weight is 1000 g/mol. The minimum absolute atomic E-state index is 0.0696. The normalized spacial score (nSPS) is 12.1. The van der Waals surface area contributed by atoms with Crippen LogP contribution in [-0.2, 0) is 28.6 Å². The van der Waals surface area contributed by atoms with Crippen molar-refractivity contribution in [3.8, 4) is 0 Å². The minimum atomic E-state index is -0.773. The largest absolute Gasteiger partial charge is 0.462 e. The molecule has 6 nitrogen and oxygen atoms in total. The topological polar surface area (TPSA) is 78.9 Å². The number of esters is 3. The summed E-state index contributed by atoms with van der Waals surface area (Å²) in [6.45, 7) is 6.67. The predicted molar refractivity (Wildman–Crippen MR) is 307 cm³/mol. The van der Waals surface area contributed by atoms with Crippen LogP contribution in [0.5, 0.6) is 0 Å². The number of rotatable bonds is 59. The van der Waals surface area contributed by atoms with Crippen molar-refractivity contribution in [1.29, 1.82) is 0 Å². The van der Waals surface area contributed by atoms with E-state index in [-0.39, 0.29) is 31.1 Å². The fourth-order valence-corrected chi connectivity index (χ4v) is 9.65. The lowest BCUT2D eigenvalue weighted by Gasteiger charge is -2.18. The lowest BCUT2D eigenvalue weighted by atomic mass is 10.0. The molecule has 0 fully saturated rings. The van der Waals surface area contributed by atoms with Gasteiger partial charge in [-0.2, -0.15) is 0 Å². The molecule has 0 aromatic heterocycles. The Kier molecular flexibility index (Phi) is 58.6. The molecule has 418 valence electrons. The molecule has 0 aromatic rings. The van der Waals surface area contributed by atoms with E-state index in [2.05, 4.69) is 45.1 Å². The summed E-state index contributed by atoms with van der Waals surface area (Å²) < 4.78 is 16.9. The van der Waals surface area contributed by atoms with E-state index in [1.54, 1.807) is 0 Å². The first-order chi connectivity index (χ1) is 35.0. The van der Waals surface area contributed by atoms with Crippen LogP contribution in [-0.4, -0.2) is 37.2 Å². The summed E-state index contributed by atoms with van der Waals surface area (Å²) in [5.41, 5.74) is 0. The van der Waals surface area contributed by atoms with E-state index < -0.39 is 6.10 Å². The molecule has 0 N–H and O–H groups in total. The molecule has 0 radical (unpaired) electrons. The van der Waals surface area contributed by atoms with Gasteiger partial charge in [-0.1, -0.05) is 308 Å². The van der Waals surface area contributed by atoms with E-state index in [1.165, 1.54) is 238 Å². The lowest BCUT2D eigenvalue weighted by molar-refractivity contribution is -0.167. The number of hydrogen-bond donors (Lipinski definition) is 0. The van der Waals surface area contributed by atoms with Gasteiger partial charge in [-0.15, -0.1) is 0 Å². The molecule has 0 aliphatic rings. The van der Waals surface area contributed by atoms with Crippen LogP contribution >= 0.6 is 0 Å². The number of allylic oxidation sites excluding steroid dienone is 4. The lowest BCUT2D eigenvalue weighted by Crippen LogP contribution is -2.30. The fourth-order valence-electron chi connectivity index (χ4n) is 9.65. The quantitative estimate of drug-likeness (QED) is 0.0261. The fraction of sp³-hybridized carbons (Fsp3) is 0.892. The Labute approximate surface area is 443 Å². The van der Waals surface area contributed by atoms with Gasteiger partial charge in [0.05, 0.1) is 0 Å². The maximum Gasteiger partial charge on any atom is 0.306 e. The summed E-state index contributed by atoms with van der Waals surface area (Å²) in [6.07, 6.45) is 71.8. The van der Waals surface area contributed by atoms with E-state index in [0.717, 1.165) is 77.0 Å². The number of carbonyl (C=O) groups excluding carboxylic acids is 3. The van der Waals surface area contributed by atoms with Gasteiger partial charge in [-0.05, 0) is 51.4 Å². The van der Waals surface area contributed by atoms with Crippen LogP contribution in [0, 0.1) is 0 Å². The molecule has 0 heterocycles. The Morgan fingerprint density at radius 3 is 0.803 bits per heavy atom. The second kappa shape index (κ2) is 60.4. The molecule has 0 aliphatic heterocycles. The first-order valence-electron chi connectivity index (χ1n) is 31.8. The highest BCUT2D eigenvalue weighted by molar-refractivity contribution is 5.71. The van der Waals surface area contributed by atoms with Gasteiger partial charge < -0.3 is 14.2 Å². The number of ether oxygens (including phenoxy) is 3. The van der Waals surface area contributed by atoms with Crippen molar-refractivity contribution < 1.29 is 28.6 Å². The second-order valence-electron chi connectivity index (χ2n) is 21.7. The van der Waals surface area contributed by atoms with E-state index in [1.807, 2.05) is 0 Å². The standard InChI is InChI=1S/C65H122O6/c1-4-7-10-13-16-19-22-25-28-30-31-32-33-35-37-40-43-46-49-52-55-58-64(67)70-61-62(60-69-63(66)57-54-51-48-45-42-39-36-27-24-21-18-15-12-9-6-3)71-65(68)59-56-53-50-47-44-41-38-34-29-26-23-20-17-14-11-8-5-2/h18,21,27,36,62H,4-17,19-20,22-26,28-35,37-61H2,1-3H3/b21-18-,36-27-/t62-/m1/s1. The number of hydrogen-bond acceptors (Lipinski definition) is 6. The minimum Gasteiger partial charge on any atom is -0.462 e. The molecule has 0 rings (SSSR count). The van der Waals surface area contributed by atoms with Gasteiger partial charge in [0.2, 0.25) is 0 Å². The molecule has 0 saturated carbocycles. The predicted octanol–water partition coefficient (Wildman–Crippen LogP) is 21.4. The van der Waals surface area contributed by atoms with Crippen LogP contribution in [0.2, 0.25) is 0 Å². The van der Waals surface area contributed by atoms with Crippen molar-refractivity contribution >= 4 is 17.9 Å². The molecule has 0 aromatic carbocycles. The highest BCUT2D eigenvalue weighted by Gasteiger charge is 2.19. The zero-order chi connectivity index (χ0) is 51.4. The van der Waals surface area contributed by atoms with E-state index in [4.69, 9.17) is 14.2 Å². The summed E-state index contributed by atoms with van der Waals surface area (Å²) in [4.78, 5) is 38.3. The first-order valence-corrected chi connectivity index (χ1v) is 31.8. The van der Waals surface area contributed by atoms with Gasteiger partial charge in [-0.3, -0.25) is 14.4 Å². The summed E-state index contributed by atoms with van der Waals surface area (Å²) in [7, 11) is 0. The van der Waals surface area contributed by atoms with Crippen molar-refractivity contribution in [2.24, 2.45) is 0 Å². The van der Waals surface area contributed by atoms with Crippen LogP contribution in [0.3, 0.4) is 0 Å². The molecule has 0 aliphatic carbocycles. The molecule has 0 saturated heterocycles. The molecular formula is C65H122O6. The summed E-state index contributed by atoms with van der Waals surface area (Å²) in [5.74, 6) is -0.856. The van der Waals surface area contributed by atoms with Crippen molar-refractivity contribution in [2.45, 2.75) is 361 Å². The number of carbonyl (C=O) groups is 3. The Balaban J connectivity index is 4.29. The van der Waals surface area contributed by atoms with Crippen molar-refractivity contribution in [2.75, 3.05) is 13.2 Å². The van der Waals surface area contributed by atoms with Gasteiger partial charge in [0, 0.05) is 19.3 Å². The summed E-state index contributed by atoms with van der Waals surface area (Å²) in [6, 6.07) is 0. The number of unbranched alkanes of at least 4 members (excludes halogenated alkanes) is 44. The third-order valence-corrected chi connectivity index (χ3v) is 14.5. The average Bonchev–Trinajstić information content (AvgIpc) is 3.37. The van der Waals surface area contributed by atoms with Gasteiger partial charge in [0.25, 0.3) is 0 Å². The van der Waals surface area contributed by atoms with Crippen molar-refractivity contribution in [3.05, 3.63) is 24.3 Å². The second-order valence-corrected chi connectivity index (χ2v) is 21.7. The molecule has 0 amide bonds. The van der Waals surface area contributed by atoms with Crippen molar-refractivity contribution in [3.63, 3.8) is 0 Å². The third kappa shape index (κ3) is 58.7. The van der Waals surface area contributed by atoms with E-state index in [0.29, 0.717) is 19.3 Å². The van der Waals surface area contributed by atoms with Crippen LogP contribution in [0.4, 0.5) is 0 Å². The zero-order valence-corrected chi connectivity index (χ0v) is 48.0. The zero-order valence-electron chi connectivity index (χ0n) is 48.0. The van der Waals surface area contributed by atoms with Gasteiger partial charge >= 0.3 is 17.9 Å². The van der Waals surface area contributed by atoms with Gasteiger partial charge in [0.15, 0.2) is 6.10 Å². The van der Waals surface area contributed by atoms with Crippen LogP contribution in [0.15, 0.2) is 24.3 Å². The Bertz CT molecular complexity index is 1150. The van der Waals surface area contributed by atoms with E-state index >= 15 is 0 Å². The molecule has 1 atom stereocenters. The molecule has 0 spiro atoms. The smallest absolute Gasteiger partial charge is 0.306 e. The Hall–Kier alpha value is -2.11. The molecule has 6 heteroatoms. The van der Waals surface area contributed by atoms with Gasteiger partial charge in [0.1, 0.15) is 13.2 Å². The maximum atomic E-state index is 12.9. The van der Waals surface area contributed by atoms with Crippen LogP contribution in [0.1, 0.15) is 355 Å². The third-order valence-electron chi connectivity index (χ3n) is 14.5. The molecule has 71 heavy (non-hydrogen) atoms. The van der Waals surface area contributed by atoms with Gasteiger partial charge in [-0.25, -0.2) is 0 Å². The SMILES string of the molecule is CCCCC/C=C\C/C=C\CCCCCCCC(=O)OC[C@H](COC(=O)CCCCCCCCCCCCCCCCCCCCCCC)OC(=O)CCCCCCCCCCCCCCCCCCC. The highest BCUT2D eigenvalue weighted by atomic mass is 16.6. The highest BCUT2D eigenvalue weighted by Crippen LogP contribution is 2.18.